The number of carbonyl (C=O) groups is 1. The predicted octanol–water partition coefficient (Wildman–Crippen LogP) is 3.37. The highest BCUT2D eigenvalue weighted by atomic mass is 32.1. The van der Waals surface area contributed by atoms with Crippen LogP contribution < -0.4 is 5.32 Å². The second-order valence-corrected chi connectivity index (χ2v) is 5.37. The van der Waals surface area contributed by atoms with Gasteiger partial charge >= 0.3 is 0 Å². The Morgan fingerprint density at radius 2 is 2.16 bits per heavy atom. The van der Waals surface area contributed by atoms with Gasteiger partial charge in [-0.2, -0.15) is 11.3 Å². The van der Waals surface area contributed by atoms with Crippen LogP contribution in [0.3, 0.4) is 0 Å². The average molecular weight is 274 g/mol. The highest BCUT2D eigenvalue weighted by Crippen LogP contribution is 2.19. The first-order chi connectivity index (χ1) is 9.11. The Labute approximate surface area is 117 Å². The second kappa shape index (κ2) is 5.89. The van der Waals surface area contributed by atoms with Crippen molar-refractivity contribution in [1.82, 2.24) is 4.90 Å². The molecule has 2 aromatic rings. The predicted molar refractivity (Wildman–Crippen MR) is 80.8 cm³/mol. The van der Waals surface area contributed by atoms with E-state index < -0.39 is 0 Å². The molecule has 0 fully saturated rings. The summed E-state index contributed by atoms with van der Waals surface area (Å²) in [5.74, 6) is 0.0375. The van der Waals surface area contributed by atoms with E-state index in [1.165, 1.54) is 5.56 Å². The maximum Gasteiger partial charge on any atom is 0.255 e. The van der Waals surface area contributed by atoms with Gasteiger partial charge in [-0.25, -0.2) is 0 Å². The topological polar surface area (TPSA) is 32.3 Å². The monoisotopic (exact) mass is 274 g/mol. The van der Waals surface area contributed by atoms with Crippen LogP contribution in [0, 0.1) is 6.92 Å². The molecule has 1 aromatic carbocycles. The first-order valence-electron chi connectivity index (χ1n) is 6.16. The zero-order valence-electron chi connectivity index (χ0n) is 11.4. The first kappa shape index (κ1) is 13.6. The molecule has 0 unspecified atom stereocenters. The molecule has 100 valence electrons. The largest absolute Gasteiger partial charge is 0.387 e. The van der Waals surface area contributed by atoms with E-state index in [1.807, 2.05) is 50.7 Å². The molecule has 4 heteroatoms. The number of benzene rings is 1. The van der Waals surface area contributed by atoms with Crippen molar-refractivity contribution in [2.24, 2.45) is 0 Å². The van der Waals surface area contributed by atoms with Crippen molar-refractivity contribution in [3.05, 3.63) is 51.7 Å². The van der Waals surface area contributed by atoms with Crippen LogP contribution in [0.5, 0.6) is 0 Å². The van der Waals surface area contributed by atoms with Crippen molar-refractivity contribution < 1.29 is 4.79 Å². The van der Waals surface area contributed by atoms with Crippen LogP contribution in [0.15, 0.2) is 35.0 Å². The minimum Gasteiger partial charge on any atom is -0.387 e. The van der Waals surface area contributed by atoms with Gasteiger partial charge in [0.25, 0.3) is 5.91 Å². The zero-order valence-corrected chi connectivity index (χ0v) is 12.3. The van der Waals surface area contributed by atoms with Crippen molar-refractivity contribution in [1.29, 1.82) is 0 Å². The molecule has 19 heavy (non-hydrogen) atoms. The molecule has 0 saturated heterocycles. The van der Waals surface area contributed by atoms with Gasteiger partial charge in [0.1, 0.15) is 0 Å². The van der Waals surface area contributed by atoms with Gasteiger partial charge in [0.15, 0.2) is 0 Å². The number of anilines is 1. The third-order valence-electron chi connectivity index (χ3n) is 3.02. The van der Waals surface area contributed by atoms with E-state index in [1.54, 1.807) is 16.2 Å². The number of nitrogens with one attached hydrogen (secondary N) is 1. The molecule has 1 aromatic heterocycles. The second-order valence-electron chi connectivity index (χ2n) is 4.59. The molecule has 0 atom stereocenters. The lowest BCUT2D eigenvalue weighted by Gasteiger charge is -2.18. The fraction of sp³-hybridized carbons (Fsp3) is 0.267. The molecule has 2 rings (SSSR count). The van der Waals surface area contributed by atoms with Crippen molar-refractivity contribution >= 4 is 22.9 Å². The Kier molecular flexibility index (Phi) is 4.22. The number of rotatable bonds is 4. The number of nitrogens with zero attached hydrogens (tertiary/aromatic N) is 1. The van der Waals surface area contributed by atoms with Crippen LogP contribution in [0.25, 0.3) is 0 Å². The van der Waals surface area contributed by atoms with Gasteiger partial charge in [0.2, 0.25) is 0 Å². The summed E-state index contributed by atoms with van der Waals surface area (Å²) in [6, 6.07) is 7.88. The Bertz CT molecular complexity index is 564. The minimum absolute atomic E-state index is 0.0375. The summed E-state index contributed by atoms with van der Waals surface area (Å²) >= 11 is 1.65. The normalized spacial score (nSPS) is 10.3. The number of hydrogen-bond acceptors (Lipinski definition) is 3. The third-order valence-corrected chi connectivity index (χ3v) is 3.75. The van der Waals surface area contributed by atoms with E-state index in [0.29, 0.717) is 12.1 Å². The molecule has 0 aliphatic heterocycles. The molecule has 0 bridgehead atoms. The summed E-state index contributed by atoms with van der Waals surface area (Å²) in [6.45, 7) is 2.66. The quantitative estimate of drug-likeness (QED) is 0.927. The number of aryl methyl sites for hydroxylation is 1. The van der Waals surface area contributed by atoms with E-state index >= 15 is 0 Å². The Balaban J connectivity index is 2.19. The van der Waals surface area contributed by atoms with Crippen molar-refractivity contribution in [2.75, 3.05) is 19.4 Å². The van der Waals surface area contributed by atoms with E-state index in [9.17, 15) is 4.79 Å². The maximum absolute atomic E-state index is 12.5. The Hall–Kier alpha value is -1.81. The summed E-state index contributed by atoms with van der Waals surface area (Å²) in [6.07, 6.45) is 0. The van der Waals surface area contributed by atoms with E-state index in [4.69, 9.17) is 0 Å². The fourth-order valence-electron chi connectivity index (χ4n) is 1.99. The smallest absolute Gasteiger partial charge is 0.255 e. The van der Waals surface area contributed by atoms with Gasteiger partial charge in [-0.05, 0) is 47.0 Å². The summed E-state index contributed by atoms with van der Waals surface area (Å²) in [5.41, 5.74) is 3.90. The molecule has 0 spiro atoms. The fourth-order valence-corrected chi connectivity index (χ4v) is 2.65. The van der Waals surface area contributed by atoms with E-state index in [2.05, 4.69) is 10.7 Å². The van der Waals surface area contributed by atoms with Gasteiger partial charge in [-0.3, -0.25) is 4.79 Å². The van der Waals surface area contributed by atoms with Crippen LogP contribution in [-0.4, -0.2) is 24.9 Å². The van der Waals surface area contributed by atoms with Crippen LogP contribution in [0.1, 0.15) is 21.5 Å². The summed E-state index contributed by atoms with van der Waals surface area (Å²) in [4.78, 5) is 14.2. The van der Waals surface area contributed by atoms with Crippen LogP contribution >= 0.6 is 11.3 Å². The molecule has 1 N–H and O–H groups in total. The van der Waals surface area contributed by atoms with E-state index in [0.717, 1.165) is 11.3 Å². The van der Waals surface area contributed by atoms with Gasteiger partial charge in [-0.1, -0.05) is 6.07 Å². The van der Waals surface area contributed by atoms with Crippen LogP contribution in [0.2, 0.25) is 0 Å². The zero-order chi connectivity index (χ0) is 13.8. The Morgan fingerprint density at radius 1 is 1.37 bits per heavy atom. The molecule has 1 heterocycles. The first-order valence-corrected chi connectivity index (χ1v) is 7.11. The molecule has 3 nitrogen and oxygen atoms in total. The highest BCUT2D eigenvalue weighted by molar-refractivity contribution is 7.07. The molecular weight excluding hydrogens is 256 g/mol. The number of amides is 1. The highest BCUT2D eigenvalue weighted by Gasteiger charge is 2.15. The number of hydrogen-bond donors (Lipinski definition) is 1. The van der Waals surface area contributed by atoms with Gasteiger partial charge in [0, 0.05) is 26.3 Å². The lowest BCUT2D eigenvalue weighted by molar-refractivity contribution is 0.0786. The van der Waals surface area contributed by atoms with Gasteiger partial charge in [0.05, 0.1) is 5.56 Å². The van der Waals surface area contributed by atoms with Crippen LogP contribution in [0.4, 0.5) is 5.69 Å². The molecular formula is C15H18N2OS. The number of carbonyl (C=O) groups excluding carboxylic acids is 1. The number of thiophene rings is 1. The molecule has 0 radical (unpaired) electrons. The molecule has 0 aliphatic rings. The Morgan fingerprint density at radius 3 is 2.79 bits per heavy atom. The van der Waals surface area contributed by atoms with Crippen molar-refractivity contribution in [2.45, 2.75) is 13.5 Å². The summed E-state index contributed by atoms with van der Waals surface area (Å²) < 4.78 is 0. The molecule has 1 amide bonds. The lowest BCUT2D eigenvalue weighted by Crippen LogP contribution is -2.26. The lowest BCUT2D eigenvalue weighted by atomic mass is 10.1. The van der Waals surface area contributed by atoms with Gasteiger partial charge < -0.3 is 10.2 Å². The summed E-state index contributed by atoms with van der Waals surface area (Å²) in [5, 5.41) is 7.18. The summed E-state index contributed by atoms with van der Waals surface area (Å²) in [7, 11) is 3.67. The van der Waals surface area contributed by atoms with Crippen LogP contribution in [-0.2, 0) is 6.54 Å². The average Bonchev–Trinajstić information content (AvgIpc) is 2.90. The molecule has 0 aliphatic carbocycles. The van der Waals surface area contributed by atoms with Gasteiger partial charge in [-0.15, -0.1) is 0 Å². The van der Waals surface area contributed by atoms with E-state index in [-0.39, 0.29) is 5.91 Å². The van der Waals surface area contributed by atoms with Crippen molar-refractivity contribution in [3.63, 3.8) is 0 Å². The third kappa shape index (κ3) is 3.15. The minimum atomic E-state index is 0.0375. The van der Waals surface area contributed by atoms with Crippen molar-refractivity contribution in [3.8, 4) is 0 Å². The maximum atomic E-state index is 12.5. The standard InChI is InChI=1S/C15H18N2OS/c1-11-4-5-13(14(8-11)16-2)15(18)17(3)9-12-6-7-19-10-12/h4-8,10,16H,9H2,1-3H3. The SMILES string of the molecule is CNc1cc(C)ccc1C(=O)N(C)Cc1ccsc1. The molecule has 0 saturated carbocycles.